The molecule has 4 heterocycles. The van der Waals surface area contributed by atoms with E-state index in [1.54, 1.807) is 47.0 Å². The number of hydrogen-bond acceptors (Lipinski definition) is 8. The molecule has 12 heteroatoms. The molecule has 4 aliphatic heterocycles. The maximum absolute atomic E-state index is 13.5. The topological polar surface area (TPSA) is 0 Å². The number of hydrogen-bond donors (Lipinski definition) is 0. The van der Waals surface area contributed by atoms with Crippen molar-refractivity contribution in [1.29, 1.82) is 0 Å². The fraction of sp³-hybridized carbons (Fsp3) is 0.500. The molecule has 0 saturated heterocycles. The van der Waals surface area contributed by atoms with Crippen LogP contribution in [0.15, 0.2) is 25.4 Å². The van der Waals surface area contributed by atoms with E-state index < -0.39 is 11.8 Å². The number of halogens is 4. The van der Waals surface area contributed by atoms with Gasteiger partial charge in [-0.3, -0.25) is 0 Å². The lowest BCUT2D eigenvalue weighted by atomic mass is 10.5. The minimum absolute atomic E-state index is 0.176. The Morgan fingerprint density at radius 1 is 0.458 bits per heavy atom. The molecule has 0 spiro atoms. The molecule has 0 aromatic carbocycles. The molecule has 24 heavy (non-hydrogen) atoms. The molecule has 0 aliphatic carbocycles. The summed E-state index contributed by atoms with van der Waals surface area (Å²) in [5.74, 6) is -5.95. The van der Waals surface area contributed by atoms with Crippen LogP contribution in [-0.4, -0.2) is 34.9 Å². The second-order valence-electron chi connectivity index (χ2n) is 5.00. The third kappa shape index (κ3) is 4.25. The fourth-order valence-corrected chi connectivity index (χ4v) is 13.7. The highest BCUT2D eigenvalue weighted by atomic mass is 32.3. The van der Waals surface area contributed by atoms with Gasteiger partial charge in [-0.1, -0.05) is 47.0 Å². The molecule has 0 aromatic rings. The zero-order valence-electron chi connectivity index (χ0n) is 11.6. The van der Waals surface area contributed by atoms with Crippen LogP contribution < -0.4 is 0 Å². The summed E-state index contributed by atoms with van der Waals surface area (Å²) in [6.45, 7) is 0. The summed E-state index contributed by atoms with van der Waals surface area (Å²) >= 11 is 11.1. The largest absolute Gasteiger partial charge is 0.266 e. The Morgan fingerprint density at radius 2 is 0.708 bits per heavy atom. The molecular weight excluding hydrogens is 477 g/mol. The standard InChI is InChI=1S/C12H8F4S8/c13-11(14)1-17-5-6(18-2-11)22-9(21-5)10-23-7-8(24-10)20-4-12(15,16)3-19-7/h1-4H2. The van der Waals surface area contributed by atoms with Crippen LogP contribution in [0.1, 0.15) is 0 Å². The van der Waals surface area contributed by atoms with Crippen LogP contribution in [0, 0.1) is 0 Å². The lowest BCUT2D eigenvalue weighted by molar-refractivity contribution is 0.0544. The zero-order chi connectivity index (χ0) is 16.9. The first kappa shape index (κ1) is 19.1. The van der Waals surface area contributed by atoms with E-state index >= 15 is 0 Å². The summed E-state index contributed by atoms with van der Waals surface area (Å²) in [5, 5.41) is 0. The monoisotopic (exact) mass is 484 g/mol. The molecule has 4 rings (SSSR count). The smallest absolute Gasteiger partial charge is 0.205 e. The zero-order valence-corrected chi connectivity index (χ0v) is 18.1. The van der Waals surface area contributed by atoms with E-state index in [9.17, 15) is 17.6 Å². The van der Waals surface area contributed by atoms with Crippen LogP contribution >= 0.6 is 94.1 Å². The third-order valence-corrected chi connectivity index (χ3v) is 15.1. The number of alkyl halides is 4. The highest BCUT2D eigenvalue weighted by Gasteiger charge is 2.40. The van der Waals surface area contributed by atoms with Crippen molar-refractivity contribution >= 4 is 94.1 Å². The lowest BCUT2D eigenvalue weighted by Gasteiger charge is -2.13. The molecule has 0 fully saturated rings. The summed E-state index contributed by atoms with van der Waals surface area (Å²) in [7, 11) is 0. The quantitative estimate of drug-likeness (QED) is 0.319. The van der Waals surface area contributed by atoms with Crippen LogP contribution in [0.5, 0.6) is 0 Å². The molecule has 0 saturated carbocycles. The molecule has 0 nitrogen and oxygen atoms in total. The molecule has 4 aliphatic rings. The Kier molecular flexibility index (Phi) is 5.79. The van der Waals surface area contributed by atoms with Crippen molar-refractivity contribution in [3.05, 3.63) is 25.4 Å². The molecule has 0 bridgehead atoms. The third-order valence-electron chi connectivity index (χ3n) is 2.90. The van der Waals surface area contributed by atoms with E-state index in [1.807, 2.05) is 0 Å². The van der Waals surface area contributed by atoms with E-state index in [2.05, 4.69) is 0 Å². The number of thioether (sulfide) groups is 8. The van der Waals surface area contributed by atoms with Gasteiger partial charge in [0, 0.05) is 0 Å². The first-order valence-corrected chi connectivity index (χ1v) is 13.7. The molecule has 0 amide bonds. The summed E-state index contributed by atoms with van der Waals surface area (Å²) in [4.78, 5) is 0. The normalized spacial score (nSPS) is 29.5. The molecule has 0 aromatic heterocycles. The first-order chi connectivity index (χ1) is 11.3. The van der Waals surface area contributed by atoms with Gasteiger partial charge in [-0.15, -0.1) is 47.0 Å². The van der Waals surface area contributed by atoms with Crippen LogP contribution in [0.3, 0.4) is 0 Å². The second-order valence-corrected chi connectivity index (χ2v) is 14.6. The molecule has 0 atom stereocenters. The van der Waals surface area contributed by atoms with E-state index in [4.69, 9.17) is 0 Å². The van der Waals surface area contributed by atoms with Crippen molar-refractivity contribution in [2.45, 2.75) is 11.8 Å². The molecule has 132 valence electrons. The van der Waals surface area contributed by atoms with Crippen molar-refractivity contribution in [2.75, 3.05) is 23.0 Å². The van der Waals surface area contributed by atoms with E-state index in [0.717, 1.165) is 25.4 Å². The summed E-state index contributed by atoms with van der Waals surface area (Å²) in [6.07, 6.45) is 0. The molecule has 0 N–H and O–H groups in total. The van der Waals surface area contributed by atoms with Crippen molar-refractivity contribution in [2.24, 2.45) is 0 Å². The Hall–Kier alpha value is 1.74. The Bertz CT molecular complexity index is 564. The predicted molar refractivity (Wildman–Crippen MR) is 111 cm³/mol. The van der Waals surface area contributed by atoms with Crippen molar-refractivity contribution in [3.63, 3.8) is 0 Å². The molecule has 0 unspecified atom stereocenters. The average molecular weight is 485 g/mol. The van der Waals surface area contributed by atoms with Crippen LogP contribution in [0.4, 0.5) is 17.6 Å². The fourth-order valence-electron chi connectivity index (χ4n) is 1.83. The SMILES string of the molecule is FC1(F)CSC2=C(SC1)SC(=C1SC3=C(SCC(F)(F)CS3)S1)S2. The van der Waals surface area contributed by atoms with Crippen molar-refractivity contribution in [1.82, 2.24) is 0 Å². The van der Waals surface area contributed by atoms with Gasteiger partial charge in [-0.05, 0) is 0 Å². The molecular formula is C12H8F4S8. The maximum Gasteiger partial charge on any atom is 0.266 e. The van der Waals surface area contributed by atoms with Gasteiger partial charge in [0.15, 0.2) is 0 Å². The van der Waals surface area contributed by atoms with Gasteiger partial charge in [-0.2, -0.15) is 0 Å². The Labute approximate surface area is 170 Å². The van der Waals surface area contributed by atoms with Gasteiger partial charge >= 0.3 is 0 Å². The maximum atomic E-state index is 13.5. The van der Waals surface area contributed by atoms with Gasteiger partial charge < -0.3 is 0 Å². The van der Waals surface area contributed by atoms with Gasteiger partial charge in [0.1, 0.15) is 0 Å². The molecule has 0 radical (unpaired) electrons. The average Bonchev–Trinajstić information content (AvgIpc) is 3.04. The van der Waals surface area contributed by atoms with Gasteiger partial charge in [0.25, 0.3) is 11.8 Å². The van der Waals surface area contributed by atoms with E-state index in [0.29, 0.717) is 0 Å². The lowest BCUT2D eigenvalue weighted by Crippen LogP contribution is -2.21. The highest BCUT2D eigenvalue weighted by molar-refractivity contribution is 8.45. The van der Waals surface area contributed by atoms with Crippen LogP contribution in [0.25, 0.3) is 0 Å². The van der Waals surface area contributed by atoms with Crippen molar-refractivity contribution in [3.8, 4) is 0 Å². The highest BCUT2D eigenvalue weighted by Crippen LogP contribution is 2.67. The van der Waals surface area contributed by atoms with E-state index in [1.165, 1.54) is 47.0 Å². The summed E-state index contributed by atoms with van der Waals surface area (Å²) in [5.41, 5.74) is 0. The minimum atomic E-state index is -2.62. The Morgan fingerprint density at radius 3 is 0.958 bits per heavy atom. The van der Waals surface area contributed by atoms with Crippen LogP contribution in [0.2, 0.25) is 0 Å². The number of rotatable bonds is 0. The van der Waals surface area contributed by atoms with Crippen molar-refractivity contribution < 1.29 is 17.6 Å². The minimum Gasteiger partial charge on any atom is -0.205 e. The Balaban J connectivity index is 1.44. The summed E-state index contributed by atoms with van der Waals surface area (Å²) in [6, 6.07) is 0. The van der Waals surface area contributed by atoms with Gasteiger partial charge in [0.05, 0.1) is 48.4 Å². The predicted octanol–water partition coefficient (Wildman–Crippen LogP) is 7.56. The van der Waals surface area contributed by atoms with Gasteiger partial charge in [-0.25, -0.2) is 17.6 Å². The van der Waals surface area contributed by atoms with E-state index in [-0.39, 0.29) is 23.0 Å². The first-order valence-electron chi connectivity index (χ1n) is 6.52. The summed E-state index contributed by atoms with van der Waals surface area (Å²) < 4.78 is 60.0. The second kappa shape index (κ2) is 7.29. The van der Waals surface area contributed by atoms with Gasteiger partial charge in [0.2, 0.25) is 0 Å². The van der Waals surface area contributed by atoms with Crippen LogP contribution in [-0.2, 0) is 0 Å².